The van der Waals surface area contributed by atoms with Crippen molar-refractivity contribution in [3.05, 3.63) is 42.2 Å². The van der Waals surface area contributed by atoms with Crippen molar-refractivity contribution in [1.29, 1.82) is 0 Å². The Morgan fingerprint density at radius 2 is 1.97 bits per heavy atom. The summed E-state index contributed by atoms with van der Waals surface area (Å²) >= 11 is 0. The number of urea groups is 1. The van der Waals surface area contributed by atoms with Gasteiger partial charge in [-0.25, -0.2) is 9.59 Å². The summed E-state index contributed by atoms with van der Waals surface area (Å²) < 4.78 is 45.4. The SMILES string of the molecule is CCOC(=O)N(C)c1ccc(NC(=O)N2CCCC(n3nccc3C(F)(F)F)C2)cc1. The third-order valence-corrected chi connectivity index (χ3v) is 5.04. The van der Waals surface area contributed by atoms with E-state index in [1.807, 2.05) is 0 Å². The van der Waals surface area contributed by atoms with E-state index in [9.17, 15) is 22.8 Å². The van der Waals surface area contributed by atoms with E-state index >= 15 is 0 Å². The number of benzene rings is 1. The first-order valence-electron chi connectivity index (χ1n) is 9.88. The largest absolute Gasteiger partial charge is 0.449 e. The van der Waals surface area contributed by atoms with Crippen molar-refractivity contribution in [2.45, 2.75) is 32.0 Å². The van der Waals surface area contributed by atoms with Crippen LogP contribution in [0.2, 0.25) is 0 Å². The van der Waals surface area contributed by atoms with Crippen LogP contribution in [0.25, 0.3) is 0 Å². The lowest BCUT2D eigenvalue weighted by atomic mass is 10.1. The standard InChI is InChI=1S/C20H24F3N5O3/c1-3-31-19(30)26(2)15-8-6-14(7-9-15)25-18(29)27-12-4-5-16(13-27)28-17(10-11-24-28)20(21,22)23/h6-11,16H,3-5,12-13H2,1-2H3,(H,25,29). The summed E-state index contributed by atoms with van der Waals surface area (Å²) in [4.78, 5) is 27.3. The predicted molar refractivity (Wildman–Crippen MR) is 108 cm³/mol. The Kier molecular flexibility index (Phi) is 6.71. The second kappa shape index (κ2) is 9.27. The van der Waals surface area contributed by atoms with Crippen molar-refractivity contribution < 1.29 is 27.5 Å². The molecule has 1 saturated heterocycles. The first kappa shape index (κ1) is 22.4. The number of alkyl halides is 3. The number of amides is 3. The molecule has 1 aromatic carbocycles. The fourth-order valence-electron chi connectivity index (χ4n) is 3.47. The average molecular weight is 439 g/mol. The Hall–Kier alpha value is -3.24. The minimum Gasteiger partial charge on any atom is -0.449 e. The highest BCUT2D eigenvalue weighted by Crippen LogP contribution is 2.33. The van der Waals surface area contributed by atoms with Gasteiger partial charge in [-0.15, -0.1) is 0 Å². The van der Waals surface area contributed by atoms with Crippen molar-refractivity contribution in [2.24, 2.45) is 0 Å². The average Bonchev–Trinajstić information content (AvgIpc) is 3.25. The van der Waals surface area contributed by atoms with E-state index in [4.69, 9.17) is 4.74 Å². The summed E-state index contributed by atoms with van der Waals surface area (Å²) in [5.74, 6) is 0. The third-order valence-electron chi connectivity index (χ3n) is 5.04. The fourth-order valence-corrected chi connectivity index (χ4v) is 3.47. The zero-order chi connectivity index (χ0) is 22.6. The highest BCUT2D eigenvalue weighted by Gasteiger charge is 2.37. The van der Waals surface area contributed by atoms with Crippen LogP contribution < -0.4 is 10.2 Å². The molecular formula is C20H24F3N5O3. The van der Waals surface area contributed by atoms with Crippen molar-refractivity contribution in [2.75, 3.05) is 37.0 Å². The van der Waals surface area contributed by atoms with E-state index in [1.54, 1.807) is 38.2 Å². The van der Waals surface area contributed by atoms with E-state index in [1.165, 1.54) is 9.80 Å². The lowest BCUT2D eigenvalue weighted by Crippen LogP contribution is -2.43. The maximum atomic E-state index is 13.2. The van der Waals surface area contributed by atoms with Gasteiger partial charge in [0.15, 0.2) is 0 Å². The summed E-state index contributed by atoms with van der Waals surface area (Å²) in [7, 11) is 1.57. The van der Waals surface area contributed by atoms with E-state index in [-0.39, 0.29) is 13.2 Å². The van der Waals surface area contributed by atoms with E-state index < -0.39 is 30.0 Å². The van der Waals surface area contributed by atoms with Gasteiger partial charge < -0.3 is 15.0 Å². The molecule has 2 heterocycles. The number of carbonyl (C=O) groups is 2. The van der Waals surface area contributed by atoms with Gasteiger partial charge in [0.05, 0.1) is 12.6 Å². The van der Waals surface area contributed by atoms with Crippen LogP contribution in [-0.2, 0) is 10.9 Å². The van der Waals surface area contributed by atoms with E-state index in [0.717, 1.165) is 16.9 Å². The molecule has 8 nitrogen and oxygen atoms in total. The van der Waals surface area contributed by atoms with Crippen molar-refractivity contribution in [3.8, 4) is 0 Å². The van der Waals surface area contributed by atoms with Gasteiger partial charge in [-0.1, -0.05) is 0 Å². The Morgan fingerprint density at radius 3 is 2.61 bits per heavy atom. The molecule has 0 bridgehead atoms. The van der Waals surface area contributed by atoms with Gasteiger partial charge in [-0.05, 0) is 50.1 Å². The van der Waals surface area contributed by atoms with Crippen LogP contribution in [0.3, 0.4) is 0 Å². The number of rotatable bonds is 4. The van der Waals surface area contributed by atoms with E-state index in [2.05, 4.69) is 10.4 Å². The van der Waals surface area contributed by atoms with Crippen molar-refractivity contribution in [1.82, 2.24) is 14.7 Å². The molecule has 0 radical (unpaired) electrons. The van der Waals surface area contributed by atoms with Gasteiger partial charge >= 0.3 is 18.3 Å². The maximum Gasteiger partial charge on any atom is 0.433 e. The van der Waals surface area contributed by atoms with Crippen LogP contribution in [0, 0.1) is 0 Å². The molecule has 1 aliphatic heterocycles. The minimum atomic E-state index is -4.50. The highest BCUT2D eigenvalue weighted by atomic mass is 19.4. The number of carbonyl (C=O) groups excluding carboxylic acids is 2. The molecule has 1 fully saturated rings. The Morgan fingerprint density at radius 1 is 1.26 bits per heavy atom. The quantitative estimate of drug-likeness (QED) is 0.768. The zero-order valence-electron chi connectivity index (χ0n) is 17.2. The number of halogens is 3. The molecule has 1 atom stereocenters. The number of likely N-dealkylation sites (tertiary alicyclic amines) is 1. The van der Waals surface area contributed by atoms with Crippen LogP contribution >= 0.6 is 0 Å². The predicted octanol–water partition coefficient (Wildman–Crippen LogP) is 4.36. The van der Waals surface area contributed by atoms with Crippen LogP contribution in [-0.4, -0.2) is 53.5 Å². The molecule has 2 aromatic rings. The highest BCUT2D eigenvalue weighted by molar-refractivity contribution is 5.91. The molecule has 3 amide bonds. The zero-order valence-corrected chi connectivity index (χ0v) is 17.2. The minimum absolute atomic E-state index is 0.125. The van der Waals surface area contributed by atoms with Gasteiger partial charge in [-0.2, -0.15) is 18.3 Å². The topological polar surface area (TPSA) is 79.7 Å². The molecule has 1 N–H and O–H groups in total. The van der Waals surface area contributed by atoms with Crippen LogP contribution in [0.5, 0.6) is 0 Å². The fraction of sp³-hybridized carbons (Fsp3) is 0.450. The summed E-state index contributed by atoms with van der Waals surface area (Å²) in [5, 5.41) is 6.58. The molecule has 1 aliphatic rings. The first-order valence-corrected chi connectivity index (χ1v) is 9.88. The molecule has 31 heavy (non-hydrogen) atoms. The summed E-state index contributed by atoms with van der Waals surface area (Å²) in [6, 6.07) is 6.58. The van der Waals surface area contributed by atoms with Gasteiger partial charge in [-0.3, -0.25) is 9.58 Å². The lowest BCUT2D eigenvalue weighted by molar-refractivity contribution is -0.145. The second-order valence-electron chi connectivity index (χ2n) is 7.14. The number of nitrogens with one attached hydrogen (secondary N) is 1. The van der Waals surface area contributed by atoms with Gasteiger partial charge in [0.2, 0.25) is 0 Å². The summed E-state index contributed by atoms with van der Waals surface area (Å²) in [6.45, 7) is 2.54. The molecule has 0 saturated carbocycles. The summed E-state index contributed by atoms with van der Waals surface area (Å²) in [6.07, 6.45) is -2.80. The van der Waals surface area contributed by atoms with Gasteiger partial charge in [0.25, 0.3) is 0 Å². The molecule has 0 aliphatic carbocycles. The van der Waals surface area contributed by atoms with Gasteiger partial charge in [0.1, 0.15) is 5.69 Å². The molecule has 3 rings (SSSR count). The number of anilines is 2. The number of aromatic nitrogens is 2. The Labute approximate surface area is 177 Å². The monoisotopic (exact) mass is 439 g/mol. The van der Waals surface area contributed by atoms with Crippen molar-refractivity contribution in [3.63, 3.8) is 0 Å². The molecule has 0 spiro atoms. The van der Waals surface area contributed by atoms with Crippen molar-refractivity contribution >= 4 is 23.5 Å². The van der Waals surface area contributed by atoms with Crippen LogP contribution in [0.15, 0.2) is 36.5 Å². The molecule has 1 unspecified atom stereocenters. The lowest BCUT2D eigenvalue weighted by Gasteiger charge is -2.33. The number of nitrogens with zero attached hydrogens (tertiary/aromatic N) is 4. The smallest absolute Gasteiger partial charge is 0.433 e. The van der Waals surface area contributed by atoms with Crippen LogP contribution in [0.1, 0.15) is 31.5 Å². The van der Waals surface area contributed by atoms with E-state index in [0.29, 0.717) is 30.8 Å². The number of hydrogen-bond donors (Lipinski definition) is 1. The molecule has 1 aromatic heterocycles. The second-order valence-corrected chi connectivity index (χ2v) is 7.14. The van der Waals surface area contributed by atoms with Gasteiger partial charge in [0, 0.05) is 37.7 Å². The molecule has 168 valence electrons. The van der Waals surface area contributed by atoms with Crippen LogP contribution in [0.4, 0.5) is 34.1 Å². The normalized spacial score (nSPS) is 16.7. The molecule has 11 heteroatoms. The number of hydrogen-bond acceptors (Lipinski definition) is 4. The summed E-state index contributed by atoms with van der Waals surface area (Å²) in [5.41, 5.74) is 0.275. The molecular weight excluding hydrogens is 415 g/mol. The first-order chi connectivity index (χ1) is 14.7. The number of ether oxygens (including phenoxy) is 1. The Bertz CT molecular complexity index is 914. The number of piperidine rings is 1. The Balaban J connectivity index is 1.63. The third kappa shape index (κ3) is 5.28. The maximum absolute atomic E-state index is 13.2.